The molecule has 2 heteroatoms. The molecule has 0 radical (unpaired) electrons. The minimum absolute atomic E-state index is 0.140. The fraction of sp³-hybridized carbons (Fsp3) is 0.429. The summed E-state index contributed by atoms with van der Waals surface area (Å²) in [6.07, 6.45) is 11.7. The molecule has 0 aliphatic heterocycles. The van der Waals surface area contributed by atoms with E-state index in [1.54, 1.807) is 0 Å². The molecule has 0 aromatic rings. The summed E-state index contributed by atoms with van der Waals surface area (Å²) in [4.78, 5) is 0. The van der Waals surface area contributed by atoms with Crippen LogP contribution in [0.3, 0.4) is 0 Å². The van der Waals surface area contributed by atoms with Gasteiger partial charge in [0.25, 0.3) is 0 Å². The number of hydrogen-bond acceptors (Lipinski definition) is 0. The molecule has 0 N–H and O–H groups in total. The van der Waals surface area contributed by atoms with E-state index in [0.29, 0.717) is 5.92 Å². The summed E-state index contributed by atoms with van der Waals surface area (Å²) < 4.78 is 26.2. The normalized spacial score (nSPS) is 28.5. The fourth-order valence-corrected chi connectivity index (χ4v) is 2.49. The lowest BCUT2D eigenvalue weighted by atomic mass is 9.74. The van der Waals surface area contributed by atoms with E-state index in [-0.39, 0.29) is 12.3 Å². The average Bonchev–Trinajstić information content (AvgIpc) is 2.15. The standard InChI is InChI=1S/C14H16F2/c1-10-5-3-6-11-7-4-8-12(13(10)11)9-14(2,15)16/h3-8,10,13H,9H2,1-2H3. The Bertz CT molecular complexity index is 391. The second kappa shape index (κ2) is 4.00. The highest BCUT2D eigenvalue weighted by atomic mass is 19.3. The van der Waals surface area contributed by atoms with Crippen LogP contribution in [0.1, 0.15) is 20.3 Å². The van der Waals surface area contributed by atoms with Gasteiger partial charge in [-0.25, -0.2) is 8.78 Å². The van der Waals surface area contributed by atoms with Crippen LogP contribution < -0.4 is 0 Å². The molecule has 0 heterocycles. The molecule has 0 nitrogen and oxygen atoms in total. The van der Waals surface area contributed by atoms with Gasteiger partial charge >= 0.3 is 0 Å². The van der Waals surface area contributed by atoms with Crippen molar-refractivity contribution in [1.29, 1.82) is 0 Å². The lowest BCUT2D eigenvalue weighted by Crippen LogP contribution is -2.23. The van der Waals surface area contributed by atoms with E-state index in [1.165, 1.54) is 0 Å². The third kappa shape index (κ3) is 2.31. The Morgan fingerprint density at radius 3 is 2.69 bits per heavy atom. The molecule has 16 heavy (non-hydrogen) atoms. The monoisotopic (exact) mass is 222 g/mol. The predicted molar refractivity (Wildman–Crippen MR) is 62.3 cm³/mol. The van der Waals surface area contributed by atoms with Gasteiger partial charge in [0.1, 0.15) is 0 Å². The molecular formula is C14H16F2. The molecular weight excluding hydrogens is 206 g/mol. The van der Waals surface area contributed by atoms with E-state index in [1.807, 2.05) is 30.4 Å². The Morgan fingerprint density at radius 1 is 1.25 bits per heavy atom. The number of halogens is 2. The summed E-state index contributed by atoms with van der Waals surface area (Å²) >= 11 is 0. The number of fused-ring (bicyclic) bond motifs is 1. The zero-order chi connectivity index (χ0) is 11.8. The molecule has 2 rings (SSSR count). The second-order valence-corrected chi connectivity index (χ2v) is 4.74. The van der Waals surface area contributed by atoms with Crippen molar-refractivity contribution >= 4 is 0 Å². The first-order valence-corrected chi connectivity index (χ1v) is 5.61. The number of hydrogen-bond donors (Lipinski definition) is 0. The third-order valence-corrected chi connectivity index (χ3v) is 3.10. The first kappa shape index (κ1) is 11.3. The summed E-state index contributed by atoms with van der Waals surface area (Å²) in [7, 11) is 0. The maximum absolute atomic E-state index is 13.1. The van der Waals surface area contributed by atoms with Crippen LogP contribution in [0.5, 0.6) is 0 Å². The van der Waals surface area contributed by atoms with Crippen molar-refractivity contribution in [2.45, 2.75) is 26.2 Å². The van der Waals surface area contributed by atoms with E-state index in [4.69, 9.17) is 0 Å². The van der Waals surface area contributed by atoms with E-state index in [0.717, 1.165) is 18.1 Å². The van der Waals surface area contributed by atoms with Gasteiger partial charge in [0.2, 0.25) is 5.92 Å². The van der Waals surface area contributed by atoms with Crippen LogP contribution in [-0.2, 0) is 0 Å². The van der Waals surface area contributed by atoms with Gasteiger partial charge in [0, 0.05) is 12.3 Å². The molecule has 0 saturated heterocycles. The Balaban J connectivity index is 2.26. The van der Waals surface area contributed by atoms with Crippen LogP contribution in [0.15, 0.2) is 47.6 Å². The van der Waals surface area contributed by atoms with Crippen LogP contribution in [0.4, 0.5) is 8.78 Å². The van der Waals surface area contributed by atoms with Crippen molar-refractivity contribution in [1.82, 2.24) is 0 Å². The first-order valence-electron chi connectivity index (χ1n) is 5.61. The van der Waals surface area contributed by atoms with Gasteiger partial charge in [-0.2, -0.15) is 0 Å². The Kier molecular flexibility index (Phi) is 2.83. The minimum Gasteiger partial charge on any atom is -0.207 e. The van der Waals surface area contributed by atoms with Gasteiger partial charge in [-0.3, -0.25) is 0 Å². The van der Waals surface area contributed by atoms with Gasteiger partial charge in [-0.1, -0.05) is 49.0 Å². The van der Waals surface area contributed by atoms with Crippen molar-refractivity contribution in [3.05, 3.63) is 47.6 Å². The van der Waals surface area contributed by atoms with Crippen molar-refractivity contribution in [2.24, 2.45) is 11.8 Å². The molecule has 0 saturated carbocycles. The second-order valence-electron chi connectivity index (χ2n) is 4.74. The quantitative estimate of drug-likeness (QED) is 0.654. The van der Waals surface area contributed by atoms with Crippen LogP contribution in [0.2, 0.25) is 0 Å². The summed E-state index contributed by atoms with van der Waals surface area (Å²) in [5.41, 5.74) is 2.00. The molecule has 0 aromatic carbocycles. The molecule has 2 unspecified atom stereocenters. The highest BCUT2D eigenvalue weighted by Gasteiger charge is 2.31. The number of rotatable bonds is 2. The van der Waals surface area contributed by atoms with Gasteiger partial charge in [-0.15, -0.1) is 0 Å². The summed E-state index contributed by atoms with van der Waals surface area (Å²) in [6.45, 7) is 3.06. The van der Waals surface area contributed by atoms with Crippen molar-refractivity contribution in [3.63, 3.8) is 0 Å². The number of allylic oxidation sites excluding steroid dienone is 8. The predicted octanol–water partition coefficient (Wildman–Crippen LogP) is 4.28. The van der Waals surface area contributed by atoms with Crippen LogP contribution >= 0.6 is 0 Å². The average molecular weight is 222 g/mol. The lowest BCUT2D eigenvalue weighted by Gasteiger charge is -2.31. The van der Waals surface area contributed by atoms with Crippen LogP contribution in [0, 0.1) is 11.8 Å². The molecule has 0 bridgehead atoms. The van der Waals surface area contributed by atoms with Gasteiger partial charge in [0.05, 0.1) is 0 Å². The van der Waals surface area contributed by atoms with E-state index >= 15 is 0 Å². The molecule has 0 fully saturated rings. The van der Waals surface area contributed by atoms with Crippen LogP contribution in [-0.4, -0.2) is 5.92 Å². The Morgan fingerprint density at radius 2 is 2.00 bits per heavy atom. The van der Waals surface area contributed by atoms with Crippen molar-refractivity contribution in [2.75, 3.05) is 0 Å². The topological polar surface area (TPSA) is 0 Å². The van der Waals surface area contributed by atoms with E-state index < -0.39 is 5.92 Å². The smallest absolute Gasteiger partial charge is 0.207 e. The maximum atomic E-state index is 13.1. The lowest BCUT2D eigenvalue weighted by molar-refractivity contribution is 0.0202. The zero-order valence-corrected chi connectivity index (χ0v) is 9.58. The minimum atomic E-state index is -2.62. The molecule has 0 amide bonds. The highest BCUT2D eigenvalue weighted by molar-refractivity contribution is 5.43. The van der Waals surface area contributed by atoms with Gasteiger partial charge in [-0.05, 0) is 18.4 Å². The highest BCUT2D eigenvalue weighted by Crippen LogP contribution is 2.39. The molecule has 0 spiro atoms. The largest absolute Gasteiger partial charge is 0.249 e. The molecule has 2 aliphatic rings. The van der Waals surface area contributed by atoms with Gasteiger partial charge < -0.3 is 0 Å². The fourth-order valence-electron chi connectivity index (χ4n) is 2.49. The molecule has 86 valence electrons. The van der Waals surface area contributed by atoms with E-state index in [9.17, 15) is 8.78 Å². The summed E-state index contributed by atoms with van der Waals surface area (Å²) in [6, 6.07) is 0. The molecule has 2 atom stereocenters. The van der Waals surface area contributed by atoms with Crippen LogP contribution in [0.25, 0.3) is 0 Å². The zero-order valence-electron chi connectivity index (χ0n) is 9.58. The Hall–Kier alpha value is -1.18. The maximum Gasteiger partial charge on any atom is 0.249 e. The number of alkyl halides is 2. The van der Waals surface area contributed by atoms with E-state index in [2.05, 4.69) is 13.0 Å². The SMILES string of the molecule is CC1C=CC=C2C=CC=C(CC(C)(F)F)C21. The molecule has 2 aliphatic carbocycles. The first-order chi connectivity index (χ1) is 7.47. The van der Waals surface area contributed by atoms with Gasteiger partial charge in [0.15, 0.2) is 0 Å². The molecule has 0 aromatic heterocycles. The Labute approximate surface area is 95.0 Å². The third-order valence-electron chi connectivity index (χ3n) is 3.10. The summed E-state index contributed by atoms with van der Waals surface area (Å²) in [5, 5.41) is 0. The van der Waals surface area contributed by atoms with Crippen molar-refractivity contribution in [3.8, 4) is 0 Å². The van der Waals surface area contributed by atoms with Crippen molar-refractivity contribution < 1.29 is 8.78 Å². The summed E-state index contributed by atoms with van der Waals surface area (Å²) in [5.74, 6) is -2.18.